The molecule has 1 saturated heterocycles. The van der Waals surface area contributed by atoms with Crippen LogP contribution in [0.3, 0.4) is 0 Å². The molecule has 3 N–H and O–H groups in total. The first kappa shape index (κ1) is 25.9. The number of benzene rings is 1. The van der Waals surface area contributed by atoms with Crippen molar-refractivity contribution in [2.75, 3.05) is 47.5 Å². The Bertz CT molecular complexity index is 1560. The zero-order valence-electron chi connectivity index (χ0n) is 21.7. The van der Waals surface area contributed by atoms with E-state index in [1.807, 2.05) is 41.1 Å². The predicted octanol–water partition coefficient (Wildman–Crippen LogP) is 2.30. The van der Waals surface area contributed by atoms with Gasteiger partial charge < -0.3 is 25.2 Å². The lowest BCUT2D eigenvalue weighted by Gasteiger charge is -2.37. The van der Waals surface area contributed by atoms with Crippen LogP contribution in [-0.2, 0) is 23.2 Å². The van der Waals surface area contributed by atoms with Gasteiger partial charge in [-0.1, -0.05) is 6.07 Å². The van der Waals surface area contributed by atoms with Gasteiger partial charge in [-0.25, -0.2) is 18.4 Å². The van der Waals surface area contributed by atoms with E-state index in [0.717, 1.165) is 53.8 Å². The van der Waals surface area contributed by atoms with Crippen molar-refractivity contribution in [1.29, 1.82) is 0 Å². The third-order valence-corrected chi connectivity index (χ3v) is 7.99. The van der Waals surface area contributed by atoms with Gasteiger partial charge in [0.25, 0.3) is 0 Å². The maximum absolute atomic E-state index is 12.1. The minimum absolute atomic E-state index is 0.0698. The second kappa shape index (κ2) is 10.6. The van der Waals surface area contributed by atoms with Gasteiger partial charge in [-0.3, -0.25) is 4.31 Å². The number of nitrogens with zero attached hydrogens (tertiary/aromatic N) is 6. The fourth-order valence-electron chi connectivity index (χ4n) is 4.73. The Morgan fingerprint density at radius 3 is 2.82 bits per heavy atom. The van der Waals surface area contributed by atoms with E-state index in [9.17, 15) is 13.5 Å². The molecule has 1 aliphatic rings. The molecule has 11 nitrogen and oxygen atoms in total. The number of pyridine rings is 1. The summed E-state index contributed by atoms with van der Waals surface area (Å²) in [5.41, 5.74) is 4.10. The summed E-state index contributed by atoms with van der Waals surface area (Å²) in [4.78, 5) is 15.8. The van der Waals surface area contributed by atoms with Crippen molar-refractivity contribution in [2.24, 2.45) is 0 Å². The summed E-state index contributed by atoms with van der Waals surface area (Å²) in [6.07, 6.45) is 6.37. The Hall–Kier alpha value is -3.74. The lowest BCUT2D eigenvalue weighted by molar-refractivity contribution is 0.281. The number of hydrogen-bond donors (Lipinski definition) is 3. The Morgan fingerprint density at radius 1 is 1.21 bits per heavy atom. The average molecular weight is 537 g/mol. The molecular formula is C26H32N8O3S. The number of hydrogen-bond acceptors (Lipinski definition) is 9. The summed E-state index contributed by atoms with van der Waals surface area (Å²) in [6.45, 7) is 5.19. The zero-order chi connectivity index (χ0) is 26.9. The van der Waals surface area contributed by atoms with E-state index in [-0.39, 0.29) is 6.61 Å². The van der Waals surface area contributed by atoms with Crippen molar-refractivity contribution in [2.45, 2.75) is 26.1 Å². The van der Waals surface area contributed by atoms with Gasteiger partial charge in [-0.05, 0) is 37.3 Å². The quantitative estimate of drug-likeness (QED) is 0.311. The first-order valence-corrected chi connectivity index (χ1v) is 14.3. The second-order valence-corrected chi connectivity index (χ2v) is 11.5. The molecule has 200 valence electrons. The monoisotopic (exact) mass is 536 g/mol. The van der Waals surface area contributed by atoms with E-state index < -0.39 is 10.0 Å². The number of rotatable bonds is 8. The van der Waals surface area contributed by atoms with E-state index >= 15 is 0 Å². The molecule has 0 amide bonds. The molecule has 5 rings (SSSR count). The molecule has 1 aliphatic heterocycles. The summed E-state index contributed by atoms with van der Waals surface area (Å²) < 4.78 is 27.4. The summed E-state index contributed by atoms with van der Waals surface area (Å²) >= 11 is 0. The highest BCUT2D eigenvalue weighted by molar-refractivity contribution is 7.92. The highest BCUT2D eigenvalue weighted by Crippen LogP contribution is 2.28. The fourth-order valence-corrected chi connectivity index (χ4v) is 5.21. The maximum Gasteiger partial charge on any atom is 0.233 e. The first-order chi connectivity index (χ1) is 18.2. The zero-order valence-corrected chi connectivity index (χ0v) is 22.5. The smallest absolute Gasteiger partial charge is 0.233 e. The van der Waals surface area contributed by atoms with Crippen LogP contribution >= 0.6 is 0 Å². The van der Waals surface area contributed by atoms with Crippen LogP contribution in [0.4, 0.5) is 23.1 Å². The molecule has 3 aromatic heterocycles. The highest BCUT2D eigenvalue weighted by atomic mass is 32.2. The molecule has 4 aromatic rings. The number of anilines is 4. The molecule has 0 saturated carbocycles. The average Bonchev–Trinajstić information content (AvgIpc) is 3.30. The summed E-state index contributed by atoms with van der Waals surface area (Å²) in [5, 5.41) is 17.6. The van der Waals surface area contributed by atoms with Crippen molar-refractivity contribution in [3.63, 3.8) is 0 Å². The number of aliphatic hydroxyl groups is 1. The van der Waals surface area contributed by atoms with Crippen LogP contribution in [0.25, 0.3) is 11.0 Å². The minimum Gasteiger partial charge on any atom is -0.392 e. The van der Waals surface area contributed by atoms with Crippen molar-refractivity contribution in [1.82, 2.24) is 24.8 Å². The van der Waals surface area contributed by atoms with Crippen LogP contribution in [0.1, 0.15) is 18.1 Å². The van der Waals surface area contributed by atoms with Gasteiger partial charge in [0.05, 0.1) is 19.4 Å². The SMILES string of the molecule is C[C@H]1CNCCN1c1ccc(Nc2ncc3ccn(Cc4cccnc4N(C)S(C)(=O)=O)c3n2)cc1CO. The predicted molar refractivity (Wildman–Crippen MR) is 149 cm³/mol. The van der Waals surface area contributed by atoms with Crippen LogP contribution in [0.2, 0.25) is 0 Å². The molecular weight excluding hydrogens is 504 g/mol. The van der Waals surface area contributed by atoms with Gasteiger partial charge >= 0.3 is 0 Å². The van der Waals surface area contributed by atoms with Crippen LogP contribution in [0.15, 0.2) is 55.0 Å². The van der Waals surface area contributed by atoms with Crippen LogP contribution in [0, 0.1) is 0 Å². The molecule has 0 spiro atoms. The van der Waals surface area contributed by atoms with Gasteiger partial charge in [0.2, 0.25) is 16.0 Å². The highest BCUT2D eigenvalue weighted by Gasteiger charge is 2.21. The summed E-state index contributed by atoms with van der Waals surface area (Å²) in [6, 6.07) is 11.8. The number of nitrogens with one attached hydrogen (secondary N) is 2. The van der Waals surface area contributed by atoms with Crippen LogP contribution in [0.5, 0.6) is 0 Å². The largest absolute Gasteiger partial charge is 0.392 e. The molecule has 0 radical (unpaired) electrons. The molecule has 1 atom stereocenters. The Labute approximate surface area is 222 Å². The number of fused-ring (bicyclic) bond motifs is 1. The fraction of sp³-hybridized carbons (Fsp3) is 0.346. The van der Waals surface area contributed by atoms with Gasteiger partial charge in [0, 0.05) is 79.2 Å². The Morgan fingerprint density at radius 2 is 2.05 bits per heavy atom. The van der Waals surface area contributed by atoms with Crippen LogP contribution < -0.4 is 19.8 Å². The summed E-state index contributed by atoms with van der Waals surface area (Å²) in [7, 11) is -1.96. The molecule has 38 heavy (non-hydrogen) atoms. The van der Waals surface area contributed by atoms with E-state index in [2.05, 4.69) is 32.4 Å². The lowest BCUT2D eigenvalue weighted by atomic mass is 10.1. The standard InChI is InChI=1S/C26H32N8O3S/c1-18-14-27-10-12-34(18)23-7-6-22(13-21(23)17-35)30-26-29-15-19-8-11-33(25(19)31-26)16-20-5-4-9-28-24(20)32(2)38(3,36)37/h4-9,11,13,15,18,27,35H,10,12,14,16-17H2,1-3H3,(H,29,30,31)/t18-/m0/s1. The van der Waals surface area contributed by atoms with Crippen LogP contribution in [-0.4, -0.2) is 72.0 Å². The van der Waals surface area contributed by atoms with Gasteiger partial charge in [0.1, 0.15) is 11.5 Å². The van der Waals surface area contributed by atoms with E-state index in [1.54, 1.807) is 18.5 Å². The number of sulfonamides is 1. The first-order valence-electron chi connectivity index (χ1n) is 12.4. The molecule has 4 heterocycles. The second-order valence-electron chi connectivity index (χ2n) is 9.51. The van der Waals surface area contributed by atoms with Gasteiger partial charge in [0.15, 0.2) is 0 Å². The Balaban J connectivity index is 1.41. The molecule has 1 aromatic carbocycles. The maximum atomic E-state index is 12.1. The molecule has 0 aliphatic carbocycles. The lowest BCUT2D eigenvalue weighted by Crippen LogP contribution is -2.50. The van der Waals surface area contributed by atoms with Crippen molar-refractivity contribution in [3.05, 3.63) is 66.1 Å². The van der Waals surface area contributed by atoms with Crippen molar-refractivity contribution in [3.8, 4) is 0 Å². The van der Waals surface area contributed by atoms with E-state index in [1.165, 1.54) is 11.4 Å². The summed E-state index contributed by atoms with van der Waals surface area (Å²) in [5.74, 6) is 0.795. The molecule has 1 fully saturated rings. The van der Waals surface area contributed by atoms with Crippen molar-refractivity contribution < 1.29 is 13.5 Å². The number of aliphatic hydroxyl groups excluding tert-OH is 1. The van der Waals surface area contributed by atoms with Gasteiger partial charge in [-0.15, -0.1) is 0 Å². The Kier molecular flexibility index (Phi) is 7.19. The molecule has 0 bridgehead atoms. The third-order valence-electron chi connectivity index (χ3n) is 6.82. The molecule has 12 heteroatoms. The van der Waals surface area contributed by atoms with E-state index in [4.69, 9.17) is 4.98 Å². The topological polar surface area (TPSA) is 129 Å². The number of aromatic nitrogens is 4. The normalized spacial score (nSPS) is 16.1. The van der Waals surface area contributed by atoms with E-state index in [0.29, 0.717) is 30.0 Å². The third kappa shape index (κ3) is 5.28. The minimum atomic E-state index is -3.46. The number of piperazine rings is 1. The molecule has 0 unspecified atom stereocenters. The van der Waals surface area contributed by atoms with Gasteiger partial charge in [-0.2, -0.15) is 4.98 Å². The van der Waals surface area contributed by atoms with Crippen molar-refractivity contribution >= 4 is 44.2 Å².